The fraction of sp³-hybridized carbons (Fsp3) is 0.167. The number of aromatic nitrogens is 2. The van der Waals surface area contributed by atoms with E-state index in [0.29, 0.717) is 10.6 Å². The SMILES string of the molecule is CN(C)n1c(=O)[nH]c(Cl)c(-c2ccc(Cl)cc2)c1=O. The third kappa shape index (κ3) is 2.52. The van der Waals surface area contributed by atoms with Crippen LogP contribution in [0.5, 0.6) is 0 Å². The molecule has 7 heteroatoms. The van der Waals surface area contributed by atoms with Crippen molar-refractivity contribution in [2.75, 3.05) is 19.1 Å². The number of rotatable bonds is 2. The van der Waals surface area contributed by atoms with Crippen LogP contribution in [-0.4, -0.2) is 23.8 Å². The molecule has 0 atom stereocenters. The highest BCUT2D eigenvalue weighted by Crippen LogP contribution is 2.23. The number of nitrogens with one attached hydrogen (secondary N) is 1. The van der Waals surface area contributed by atoms with Crippen molar-refractivity contribution in [3.63, 3.8) is 0 Å². The van der Waals surface area contributed by atoms with Crippen LogP contribution in [0.15, 0.2) is 33.9 Å². The third-order valence-corrected chi connectivity index (χ3v) is 3.10. The van der Waals surface area contributed by atoms with E-state index in [2.05, 4.69) is 4.98 Å². The first kappa shape index (κ1) is 13.7. The molecule has 2 rings (SSSR count). The molecule has 1 N–H and O–H groups in total. The lowest BCUT2D eigenvalue weighted by molar-refractivity contribution is 0.654. The molecule has 1 aromatic heterocycles. The van der Waals surface area contributed by atoms with Gasteiger partial charge in [0.1, 0.15) is 5.15 Å². The number of benzene rings is 1. The molecule has 5 nitrogen and oxygen atoms in total. The minimum Gasteiger partial charge on any atom is -0.312 e. The molecule has 0 unspecified atom stereocenters. The Kier molecular flexibility index (Phi) is 3.68. The molecule has 0 aliphatic heterocycles. The van der Waals surface area contributed by atoms with Gasteiger partial charge >= 0.3 is 5.69 Å². The highest BCUT2D eigenvalue weighted by atomic mass is 35.5. The van der Waals surface area contributed by atoms with Crippen LogP contribution in [0.2, 0.25) is 10.2 Å². The van der Waals surface area contributed by atoms with Crippen LogP contribution in [0.4, 0.5) is 0 Å². The van der Waals surface area contributed by atoms with E-state index in [1.807, 2.05) is 0 Å². The summed E-state index contributed by atoms with van der Waals surface area (Å²) in [6.07, 6.45) is 0. The normalized spacial score (nSPS) is 10.5. The van der Waals surface area contributed by atoms with Crippen LogP contribution >= 0.6 is 23.2 Å². The third-order valence-electron chi connectivity index (χ3n) is 2.57. The zero-order valence-electron chi connectivity index (χ0n) is 10.3. The van der Waals surface area contributed by atoms with Gasteiger partial charge in [0.05, 0.1) is 5.56 Å². The monoisotopic (exact) mass is 299 g/mol. The molecule has 0 spiro atoms. The summed E-state index contributed by atoms with van der Waals surface area (Å²) in [5.41, 5.74) is -0.253. The Hall–Kier alpha value is -1.72. The second-order valence-corrected chi connectivity index (χ2v) is 4.90. The van der Waals surface area contributed by atoms with Crippen LogP contribution in [0, 0.1) is 0 Å². The quantitative estimate of drug-likeness (QED) is 0.859. The Morgan fingerprint density at radius 3 is 2.21 bits per heavy atom. The minimum absolute atomic E-state index is 0.00965. The maximum atomic E-state index is 12.3. The topological polar surface area (TPSA) is 58.1 Å². The number of hydrogen-bond acceptors (Lipinski definition) is 3. The molecule has 0 aliphatic carbocycles. The standard InChI is InChI=1S/C12H11Cl2N3O2/c1-16(2)17-11(18)9(10(14)15-12(17)19)7-3-5-8(13)6-4-7/h3-6H,1-2H3,(H,15,19). The van der Waals surface area contributed by atoms with Gasteiger partial charge in [0, 0.05) is 19.1 Å². The molecule has 0 bridgehead atoms. The second kappa shape index (κ2) is 5.11. The van der Waals surface area contributed by atoms with Gasteiger partial charge in [-0.3, -0.25) is 9.78 Å². The molecule has 100 valence electrons. The Balaban J connectivity index is 2.77. The van der Waals surface area contributed by atoms with E-state index in [1.165, 1.54) is 5.01 Å². The molecule has 0 fully saturated rings. The summed E-state index contributed by atoms with van der Waals surface area (Å²) >= 11 is 11.8. The van der Waals surface area contributed by atoms with E-state index in [0.717, 1.165) is 4.68 Å². The summed E-state index contributed by atoms with van der Waals surface area (Å²) < 4.78 is 0.968. The van der Waals surface area contributed by atoms with E-state index in [4.69, 9.17) is 23.2 Å². The van der Waals surface area contributed by atoms with E-state index < -0.39 is 11.2 Å². The van der Waals surface area contributed by atoms with Crippen LogP contribution in [0.1, 0.15) is 0 Å². The van der Waals surface area contributed by atoms with E-state index in [9.17, 15) is 9.59 Å². The van der Waals surface area contributed by atoms with Crippen molar-refractivity contribution in [2.24, 2.45) is 0 Å². The summed E-state index contributed by atoms with van der Waals surface area (Å²) in [7, 11) is 3.19. The van der Waals surface area contributed by atoms with Crippen molar-refractivity contribution >= 4 is 23.2 Å². The number of hydrogen-bond donors (Lipinski definition) is 1. The Morgan fingerprint density at radius 2 is 1.68 bits per heavy atom. The molecule has 1 aromatic carbocycles. The summed E-state index contributed by atoms with van der Waals surface area (Å²) in [5, 5.41) is 1.95. The van der Waals surface area contributed by atoms with Gasteiger partial charge in [-0.1, -0.05) is 35.3 Å². The Labute approximate surface area is 119 Å². The molecule has 1 heterocycles. The van der Waals surface area contributed by atoms with Gasteiger partial charge in [-0.05, 0) is 17.7 Å². The molecular weight excluding hydrogens is 289 g/mol. The predicted octanol–water partition coefficient (Wildman–Crippen LogP) is 1.71. The van der Waals surface area contributed by atoms with E-state index in [1.54, 1.807) is 38.4 Å². The van der Waals surface area contributed by atoms with Gasteiger partial charge < -0.3 is 5.01 Å². The molecule has 2 aromatic rings. The molecule has 19 heavy (non-hydrogen) atoms. The first-order chi connectivity index (χ1) is 8.91. The van der Waals surface area contributed by atoms with Gasteiger partial charge in [-0.15, -0.1) is 0 Å². The zero-order chi connectivity index (χ0) is 14.2. The fourth-order valence-corrected chi connectivity index (χ4v) is 2.13. The molecule has 0 saturated heterocycles. The molecule has 0 saturated carbocycles. The summed E-state index contributed by atoms with van der Waals surface area (Å²) in [6, 6.07) is 6.64. The fourth-order valence-electron chi connectivity index (χ4n) is 1.73. The van der Waals surface area contributed by atoms with Crippen LogP contribution < -0.4 is 16.3 Å². The first-order valence-electron chi connectivity index (χ1n) is 5.40. The van der Waals surface area contributed by atoms with Crippen molar-refractivity contribution in [3.05, 3.63) is 55.3 Å². The van der Waals surface area contributed by atoms with E-state index in [-0.39, 0.29) is 10.7 Å². The number of H-pyrrole nitrogens is 1. The summed E-state index contributed by atoms with van der Waals surface area (Å²) in [5.74, 6) is 0. The smallest absolute Gasteiger partial charge is 0.312 e. The van der Waals surface area contributed by atoms with Crippen LogP contribution in [-0.2, 0) is 0 Å². The number of halogens is 2. The molecule has 0 radical (unpaired) electrons. The van der Waals surface area contributed by atoms with E-state index >= 15 is 0 Å². The minimum atomic E-state index is -0.585. The van der Waals surface area contributed by atoms with Gasteiger partial charge in [-0.25, -0.2) is 4.79 Å². The van der Waals surface area contributed by atoms with Crippen molar-refractivity contribution in [2.45, 2.75) is 0 Å². The average Bonchev–Trinajstić information content (AvgIpc) is 2.30. The van der Waals surface area contributed by atoms with Gasteiger partial charge in [-0.2, -0.15) is 4.68 Å². The van der Waals surface area contributed by atoms with Gasteiger partial charge in [0.15, 0.2) is 0 Å². The molecule has 0 aliphatic rings. The zero-order valence-corrected chi connectivity index (χ0v) is 11.8. The van der Waals surface area contributed by atoms with Crippen molar-refractivity contribution in [1.29, 1.82) is 0 Å². The average molecular weight is 300 g/mol. The van der Waals surface area contributed by atoms with Crippen LogP contribution in [0.25, 0.3) is 11.1 Å². The Bertz CT molecular complexity index is 717. The maximum absolute atomic E-state index is 12.3. The first-order valence-corrected chi connectivity index (χ1v) is 6.16. The summed E-state index contributed by atoms with van der Waals surface area (Å²) in [4.78, 5) is 26.5. The summed E-state index contributed by atoms with van der Waals surface area (Å²) in [6.45, 7) is 0. The van der Waals surface area contributed by atoms with Crippen molar-refractivity contribution in [3.8, 4) is 11.1 Å². The van der Waals surface area contributed by atoms with Crippen molar-refractivity contribution < 1.29 is 0 Å². The maximum Gasteiger partial charge on any atom is 0.348 e. The van der Waals surface area contributed by atoms with Crippen LogP contribution in [0.3, 0.4) is 0 Å². The highest BCUT2D eigenvalue weighted by Gasteiger charge is 2.15. The number of aromatic amines is 1. The lowest BCUT2D eigenvalue weighted by Crippen LogP contribution is -2.47. The van der Waals surface area contributed by atoms with Gasteiger partial charge in [0.2, 0.25) is 0 Å². The number of nitrogens with zero attached hydrogens (tertiary/aromatic N) is 2. The molecule has 0 amide bonds. The lowest BCUT2D eigenvalue weighted by atomic mass is 10.1. The van der Waals surface area contributed by atoms with Crippen molar-refractivity contribution in [1.82, 2.24) is 9.66 Å². The lowest BCUT2D eigenvalue weighted by Gasteiger charge is -2.15. The predicted molar refractivity (Wildman–Crippen MR) is 76.8 cm³/mol. The van der Waals surface area contributed by atoms with Gasteiger partial charge in [0.25, 0.3) is 5.56 Å². The largest absolute Gasteiger partial charge is 0.348 e. The second-order valence-electron chi connectivity index (χ2n) is 4.09. The highest BCUT2D eigenvalue weighted by molar-refractivity contribution is 6.32. The Morgan fingerprint density at radius 1 is 1.11 bits per heavy atom. The molecular formula is C12H11Cl2N3O2.